The van der Waals surface area contributed by atoms with Crippen LogP contribution in [0, 0.1) is 0 Å². The lowest BCUT2D eigenvalue weighted by atomic mass is 10.1. The second-order valence-electron chi connectivity index (χ2n) is 7.74. The second kappa shape index (κ2) is 14.8. The lowest BCUT2D eigenvalue weighted by molar-refractivity contribution is 0.287. The molecule has 7 nitrogen and oxygen atoms in total. The van der Waals surface area contributed by atoms with Crippen molar-refractivity contribution in [3.8, 4) is 11.5 Å². The highest BCUT2D eigenvalue weighted by molar-refractivity contribution is 14.0. The van der Waals surface area contributed by atoms with Crippen molar-refractivity contribution in [3.05, 3.63) is 47.7 Å². The first kappa shape index (κ1) is 27.0. The Morgan fingerprint density at radius 3 is 2.45 bits per heavy atom. The van der Waals surface area contributed by atoms with E-state index in [9.17, 15) is 0 Å². The van der Waals surface area contributed by atoms with E-state index in [0.717, 1.165) is 55.9 Å². The van der Waals surface area contributed by atoms with Crippen LogP contribution in [0.25, 0.3) is 0 Å². The lowest BCUT2D eigenvalue weighted by Crippen LogP contribution is -2.38. The number of guanidine groups is 1. The van der Waals surface area contributed by atoms with Gasteiger partial charge in [-0.05, 0) is 75.4 Å². The van der Waals surface area contributed by atoms with Gasteiger partial charge in [0.15, 0.2) is 17.5 Å². The number of halogens is 1. The lowest BCUT2D eigenvalue weighted by Gasteiger charge is -2.16. The first-order chi connectivity index (χ1) is 15.7. The summed E-state index contributed by atoms with van der Waals surface area (Å²) in [4.78, 5) is 11.7. The van der Waals surface area contributed by atoms with E-state index in [-0.39, 0.29) is 24.0 Å². The summed E-state index contributed by atoms with van der Waals surface area (Å²) in [5, 5.41) is 6.78. The van der Waals surface area contributed by atoms with Gasteiger partial charge in [0.05, 0.1) is 19.8 Å². The Bertz CT molecular complexity index is 872. The zero-order valence-corrected chi connectivity index (χ0v) is 22.4. The molecule has 0 spiro atoms. The van der Waals surface area contributed by atoms with Gasteiger partial charge in [0, 0.05) is 32.4 Å². The number of aromatic nitrogens is 1. The molecular weight excluding hydrogens is 529 g/mol. The van der Waals surface area contributed by atoms with Crippen LogP contribution in [0.4, 0.5) is 5.82 Å². The summed E-state index contributed by atoms with van der Waals surface area (Å²) in [6, 6.07) is 10.4. The summed E-state index contributed by atoms with van der Waals surface area (Å²) in [5.41, 5.74) is 2.37. The van der Waals surface area contributed by atoms with E-state index in [1.54, 1.807) is 0 Å². The summed E-state index contributed by atoms with van der Waals surface area (Å²) in [6.45, 7) is 11.7. The van der Waals surface area contributed by atoms with Crippen LogP contribution in [-0.2, 0) is 13.0 Å². The molecule has 0 amide bonds. The molecule has 0 unspecified atom stereocenters. The zero-order valence-electron chi connectivity index (χ0n) is 20.1. The minimum Gasteiger partial charge on any atom is -0.490 e. The molecule has 0 atom stereocenters. The largest absolute Gasteiger partial charge is 0.490 e. The van der Waals surface area contributed by atoms with Crippen LogP contribution in [0.1, 0.15) is 44.7 Å². The van der Waals surface area contributed by atoms with Crippen molar-refractivity contribution >= 4 is 35.8 Å². The third kappa shape index (κ3) is 8.57. The topological polar surface area (TPSA) is 71.0 Å². The number of nitrogens with zero attached hydrogens (tertiary/aromatic N) is 3. The van der Waals surface area contributed by atoms with Crippen LogP contribution in [0.2, 0.25) is 0 Å². The fraction of sp³-hybridized carbons (Fsp3) is 0.520. The molecule has 2 aromatic rings. The van der Waals surface area contributed by atoms with Gasteiger partial charge >= 0.3 is 0 Å². The Morgan fingerprint density at radius 1 is 0.970 bits per heavy atom. The minimum atomic E-state index is 0. The first-order valence-electron chi connectivity index (χ1n) is 11.8. The molecule has 1 fully saturated rings. The molecule has 3 rings (SSSR count). The van der Waals surface area contributed by atoms with E-state index >= 15 is 0 Å². The van der Waals surface area contributed by atoms with E-state index in [4.69, 9.17) is 14.5 Å². The Morgan fingerprint density at radius 2 is 1.73 bits per heavy atom. The number of hydrogen-bond acceptors (Lipinski definition) is 5. The molecule has 0 radical (unpaired) electrons. The first-order valence-corrected chi connectivity index (χ1v) is 11.8. The highest BCUT2D eigenvalue weighted by Gasteiger charge is 2.13. The van der Waals surface area contributed by atoms with Gasteiger partial charge in [-0.3, -0.25) is 0 Å². The fourth-order valence-electron chi connectivity index (χ4n) is 3.77. The van der Waals surface area contributed by atoms with Crippen LogP contribution < -0.4 is 25.0 Å². The average Bonchev–Trinajstić information content (AvgIpc) is 3.35. The molecular formula is C25H38IN5O2. The minimum absolute atomic E-state index is 0. The molecule has 0 saturated carbocycles. The molecule has 182 valence electrons. The van der Waals surface area contributed by atoms with Crippen molar-refractivity contribution in [2.24, 2.45) is 4.99 Å². The number of nitrogens with one attached hydrogen (secondary N) is 2. The van der Waals surface area contributed by atoms with Gasteiger partial charge in [-0.15, -0.1) is 24.0 Å². The van der Waals surface area contributed by atoms with Gasteiger partial charge < -0.3 is 25.0 Å². The van der Waals surface area contributed by atoms with Crippen molar-refractivity contribution in [2.45, 2.75) is 46.6 Å². The van der Waals surface area contributed by atoms with Crippen LogP contribution in [-0.4, -0.2) is 50.3 Å². The molecule has 0 bridgehead atoms. The van der Waals surface area contributed by atoms with Crippen LogP contribution in [0.3, 0.4) is 0 Å². The van der Waals surface area contributed by atoms with E-state index in [2.05, 4.69) is 45.6 Å². The predicted octanol–water partition coefficient (Wildman–Crippen LogP) is 4.40. The Kier molecular flexibility index (Phi) is 12.1. The number of hydrogen-bond donors (Lipinski definition) is 2. The third-order valence-electron chi connectivity index (χ3n) is 5.32. The monoisotopic (exact) mass is 567 g/mol. The molecule has 0 aliphatic carbocycles. The van der Waals surface area contributed by atoms with Crippen molar-refractivity contribution < 1.29 is 9.47 Å². The summed E-state index contributed by atoms with van der Waals surface area (Å²) < 4.78 is 11.4. The second-order valence-corrected chi connectivity index (χ2v) is 7.74. The molecule has 33 heavy (non-hydrogen) atoms. The van der Waals surface area contributed by atoms with Gasteiger partial charge in [0.1, 0.15) is 5.82 Å². The number of ether oxygens (including phenoxy) is 2. The van der Waals surface area contributed by atoms with Gasteiger partial charge in [0.2, 0.25) is 0 Å². The quantitative estimate of drug-likeness (QED) is 0.239. The van der Waals surface area contributed by atoms with Crippen LogP contribution in [0.5, 0.6) is 11.5 Å². The van der Waals surface area contributed by atoms with Crippen LogP contribution in [0.15, 0.2) is 41.5 Å². The summed E-state index contributed by atoms with van der Waals surface area (Å²) in [5.74, 6) is 3.49. The van der Waals surface area contributed by atoms with Crippen LogP contribution >= 0.6 is 24.0 Å². The smallest absolute Gasteiger partial charge is 0.191 e. The van der Waals surface area contributed by atoms with Crippen molar-refractivity contribution in [1.82, 2.24) is 15.6 Å². The standard InChI is InChI=1S/C25H37N5O2.HI/c1-4-26-25(29-19-21-12-13-27-24(18-21)30-15-7-8-16-30)28-14-11-20-9-10-22(31-5-2)23(17-20)32-6-3;/h9-10,12-13,17-18H,4-8,11,14-16,19H2,1-3H3,(H2,26,28,29);1H. The molecule has 1 aromatic heterocycles. The van der Waals surface area contributed by atoms with Gasteiger partial charge in [-0.2, -0.15) is 0 Å². The van der Waals surface area contributed by atoms with E-state index in [1.165, 1.54) is 24.0 Å². The molecule has 2 heterocycles. The maximum Gasteiger partial charge on any atom is 0.191 e. The maximum atomic E-state index is 5.74. The number of aliphatic imine (C=N–C) groups is 1. The Hall–Kier alpha value is -2.23. The number of rotatable bonds is 11. The molecule has 1 aliphatic heterocycles. The maximum absolute atomic E-state index is 5.74. The summed E-state index contributed by atoms with van der Waals surface area (Å²) >= 11 is 0. The molecule has 1 aliphatic rings. The molecule has 8 heteroatoms. The van der Waals surface area contributed by atoms with Gasteiger partial charge in [0.25, 0.3) is 0 Å². The fourth-order valence-corrected chi connectivity index (χ4v) is 3.77. The van der Waals surface area contributed by atoms with E-state index < -0.39 is 0 Å². The Balaban J connectivity index is 0.00000385. The summed E-state index contributed by atoms with van der Waals surface area (Å²) in [7, 11) is 0. The highest BCUT2D eigenvalue weighted by atomic mass is 127. The van der Waals surface area contributed by atoms with Crippen molar-refractivity contribution in [1.29, 1.82) is 0 Å². The van der Waals surface area contributed by atoms with Crippen molar-refractivity contribution in [2.75, 3.05) is 44.3 Å². The number of pyridine rings is 1. The number of anilines is 1. The van der Waals surface area contributed by atoms with E-state index in [0.29, 0.717) is 19.8 Å². The number of benzene rings is 1. The SMILES string of the molecule is CCNC(=NCc1ccnc(N2CCCC2)c1)NCCc1ccc(OCC)c(OCC)c1.I. The zero-order chi connectivity index (χ0) is 22.6. The van der Waals surface area contributed by atoms with Gasteiger partial charge in [-0.1, -0.05) is 6.07 Å². The van der Waals surface area contributed by atoms with Gasteiger partial charge in [-0.25, -0.2) is 9.98 Å². The third-order valence-corrected chi connectivity index (χ3v) is 5.32. The molecule has 1 aromatic carbocycles. The summed E-state index contributed by atoms with van der Waals surface area (Å²) in [6.07, 6.45) is 5.25. The molecule has 1 saturated heterocycles. The van der Waals surface area contributed by atoms with Crippen molar-refractivity contribution in [3.63, 3.8) is 0 Å². The highest BCUT2D eigenvalue weighted by Crippen LogP contribution is 2.28. The average molecular weight is 568 g/mol. The Labute approximate surface area is 215 Å². The normalized spacial score (nSPS) is 13.4. The molecule has 2 N–H and O–H groups in total. The van der Waals surface area contributed by atoms with E-state index in [1.807, 2.05) is 32.2 Å². The predicted molar refractivity (Wildman–Crippen MR) is 146 cm³/mol.